The molecule has 0 radical (unpaired) electrons. The van der Waals surface area contributed by atoms with E-state index >= 15 is 0 Å². The first-order chi connectivity index (χ1) is 15.6. The first kappa shape index (κ1) is 21.3. The fourth-order valence-corrected chi connectivity index (χ4v) is 5.66. The molecule has 1 aliphatic heterocycles. The van der Waals surface area contributed by atoms with Gasteiger partial charge in [0.05, 0.1) is 22.1 Å². The normalized spacial score (nSPS) is 14.8. The first-order valence-electron chi connectivity index (χ1n) is 10.3. The maximum absolute atomic E-state index is 13.3. The van der Waals surface area contributed by atoms with Gasteiger partial charge in [-0.2, -0.15) is 0 Å². The fourth-order valence-electron chi connectivity index (χ4n) is 3.84. The Bertz CT molecular complexity index is 1230. The van der Waals surface area contributed by atoms with Gasteiger partial charge in [0.25, 0.3) is 5.91 Å². The number of piperazine rings is 1. The number of rotatable bonds is 5. The van der Waals surface area contributed by atoms with Gasteiger partial charge in [-0.25, -0.2) is 4.98 Å². The number of thiazole rings is 1. The second-order valence-corrected chi connectivity index (χ2v) is 9.91. The predicted octanol–water partition coefficient (Wildman–Crippen LogP) is 5.45. The lowest BCUT2D eigenvalue weighted by atomic mass is 10.0. The molecule has 32 heavy (non-hydrogen) atoms. The van der Waals surface area contributed by atoms with Gasteiger partial charge in [-0.1, -0.05) is 41.0 Å². The lowest BCUT2D eigenvalue weighted by Gasteiger charge is -2.34. The third kappa shape index (κ3) is 4.23. The lowest BCUT2D eigenvalue weighted by molar-refractivity contribution is 0.0627. The Morgan fingerprint density at radius 3 is 2.69 bits per heavy atom. The van der Waals surface area contributed by atoms with Crippen molar-refractivity contribution in [1.82, 2.24) is 19.9 Å². The van der Waals surface area contributed by atoms with E-state index in [4.69, 9.17) is 21.1 Å². The Morgan fingerprint density at radius 2 is 1.94 bits per heavy atom. The lowest BCUT2D eigenvalue weighted by Crippen LogP contribution is -2.48. The average molecular weight is 485 g/mol. The smallest absolute Gasteiger partial charge is 0.259 e. The van der Waals surface area contributed by atoms with Crippen molar-refractivity contribution >= 4 is 40.2 Å². The first-order valence-corrected chi connectivity index (χ1v) is 12.4. The van der Waals surface area contributed by atoms with Crippen molar-refractivity contribution in [2.75, 3.05) is 26.2 Å². The summed E-state index contributed by atoms with van der Waals surface area (Å²) in [6.07, 6.45) is 0. The SMILES string of the molecule is Cc1onc(-c2ccccc2Cl)c1C(=O)N1CCN(Cc2nc(-c3cccs3)cs2)CC1. The molecule has 4 aromatic rings. The number of hydrogen-bond donors (Lipinski definition) is 0. The molecular weight excluding hydrogens is 464 g/mol. The number of halogens is 1. The molecule has 0 bridgehead atoms. The predicted molar refractivity (Wildman–Crippen MR) is 128 cm³/mol. The standard InChI is InChI=1S/C23H21ClN4O2S2/c1-15-21(22(26-30-15)16-5-2-3-6-17(16)24)23(29)28-10-8-27(9-11-28)13-20-25-18(14-32-20)19-7-4-12-31-19/h2-7,12,14H,8-11,13H2,1H3. The number of thiophene rings is 1. The van der Waals surface area contributed by atoms with Crippen LogP contribution in [-0.2, 0) is 6.54 Å². The second kappa shape index (κ2) is 9.15. The van der Waals surface area contributed by atoms with E-state index in [1.54, 1.807) is 35.7 Å². The van der Waals surface area contributed by atoms with Crippen molar-refractivity contribution in [2.24, 2.45) is 0 Å². The molecular formula is C23H21ClN4O2S2. The number of carbonyl (C=O) groups excluding carboxylic acids is 1. The summed E-state index contributed by atoms with van der Waals surface area (Å²) < 4.78 is 5.38. The summed E-state index contributed by atoms with van der Waals surface area (Å²) in [6, 6.07) is 11.5. The highest BCUT2D eigenvalue weighted by Gasteiger charge is 2.29. The zero-order valence-corrected chi connectivity index (χ0v) is 19.8. The van der Waals surface area contributed by atoms with Crippen LogP contribution < -0.4 is 0 Å². The third-order valence-electron chi connectivity index (χ3n) is 5.55. The van der Waals surface area contributed by atoms with Gasteiger partial charge in [0.1, 0.15) is 22.0 Å². The van der Waals surface area contributed by atoms with Gasteiger partial charge >= 0.3 is 0 Å². The van der Waals surface area contributed by atoms with E-state index in [2.05, 4.69) is 26.9 Å². The van der Waals surface area contributed by atoms with Crippen molar-refractivity contribution in [3.8, 4) is 21.8 Å². The Morgan fingerprint density at radius 1 is 1.12 bits per heavy atom. The maximum atomic E-state index is 13.3. The monoisotopic (exact) mass is 484 g/mol. The van der Waals surface area contributed by atoms with Crippen molar-refractivity contribution in [3.63, 3.8) is 0 Å². The Labute approximate surface area is 199 Å². The molecule has 4 heterocycles. The van der Waals surface area contributed by atoms with Crippen LogP contribution in [0.5, 0.6) is 0 Å². The van der Waals surface area contributed by atoms with Gasteiger partial charge in [-0.3, -0.25) is 9.69 Å². The number of benzene rings is 1. The molecule has 1 saturated heterocycles. The second-order valence-electron chi connectivity index (χ2n) is 7.61. The Balaban J connectivity index is 1.25. The summed E-state index contributed by atoms with van der Waals surface area (Å²) in [7, 11) is 0. The molecule has 0 aliphatic carbocycles. The van der Waals surface area contributed by atoms with Crippen LogP contribution in [0.2, 0.25) is 5.02 Å². The van der Waals surface area contributed by atoms with Gasteiger partial charge in [0.2, 0.25) is 0 Å². The molecule has 1 amide bonds. The van der Waals surface area contributed by atoms with Crippen molar-refractivity contribution < 1.29 is 9.32 Å². The topological polar surface area (TPSA) is 62.5 Å². The molecule has 1 aliphatic rings. The number of aryl methyl sites for hydroxylation is 1. The zero-order valence-electron chi connectivity index (χ0n) is 17.5. The molecule has 1 aromatic carbocycles. The van der Waals surface area contributed by atoms with Crippen molar-refractivity contribution in [3.05, 3.63) is 68.5 Å². The largest absolute Gasteiger partial charge is 0.360 e. The Kier molecular flexibility index (Phi) is 6.10. The number of carbonyl (C=O) groups is 1. The highest BCUT2D eigenvalue weighted by Crippen LogP contribution is 2.32. The fraction of sp³-hybridized carbons (Fsp3) is 0.261. The summed E-state index contributed by atoms with van der Waals surface area (Å²) in [5.74, 6) is 0.448. The molecule has 0 saturated carbocycles. The van der Waals surface area contributed by atoms with Crippen molar-refractivity contribution in [2.45, 2.75) is 13.5 Å². The summed E-state index contributed by atoms with van der Waals surface area (Å²) in [4.78, 5) is 23.5. The number of amides is 1. The van der Waals surface area contributed by atoms with Crippen LogP contribution in [0.1, 0.15) is 21.1 Å². The van der Waals surface area contributed by atoms with E-state index in [1.807, 2.05) is 29.2 Å². The van der Waals surface area contributed by atoms with E-state index in [-0.39, 0.29) is 5.91 Å². The maximum Gasteiger partial charge on any atom is 0.259 e. The minimum atomic E-state index is -0.0625. The van der Waals surface area contributed by atoms with Gasteiger partial charge in [-0.15, -0.1) is 22.7 Å². The van der Waals surface area contributed by atoms with E-state index in [9.17, 15) is 4.79 Å². The van der Waals surface area contributed by atoms with Crippen LogP contribution in [0.4, 0.5) is 0 Å². The van der Waals surface area contributed by atoms with Crippen LogP contribution in [0, 0.1) is 6.92 Å². The molecule has 0 spiro atoms. The highest BCUT2D eigenvalue weighted by atomic mass is 35.5. The molecule has 164 valence electrons. The zero-order chi connectivity index (χ0) is 22.1. The summed E-state index contributed by atoms with van der Waals surface area (Å²) in [5, 5.41) is 9.97. The number of aromatic nitrogens is 2. The van der Waals surface area contributed by atoms with E-state index < -0.39 is 0 Å². The number of nitrogens with zero attached hydrogens (tertiary/aromatic N) is 4. The molecule has 1 fully saturated rings. The minimum Gasteiger partial charge on any atom is -0.360 e. The number of hydrogen-bond acceptors (Lipinski definition) is 7. The van der Waals surface area contributed by atoms with E-state index in [1.165, 1.54) is 4.88 Å². The van der Waals surface area contributed by atoms with Crippen LogP contribution in [0.25, 0.3) is 21.8 Å². The summed E-state index contributed by atoms with van der Waals surface area (Å²) in [6.45, 7) is 5.46. The molecule has 5 rings (SSSR count). The van der Waals surface area contributed by atoms with Gasteiger partial charge < -0.3 is 9.42 Å². The van der Waals surface area contributed by atoms with Crippen molar-refractivity contribution in [1.29, 1.82) is 0 Å². The van der Waals surface area contributed by atoms with Gasteiger partial charge in [0, 0.05) is 37.1 Å². The van der Waals surface area contributed by atoms with E-state index in [0.717, 1.165) is 30.3 Å². The minimum absolute atomic E-state index is 0.0625. The quantitative estimate of drug-likeness (QED) is 0.377. The van der Waals surface area contributed by atoms with Crippen LogP contribution in [0.3, 0.4) is 0 Å². The van der Waals surface area contributed by atoms with Gasteiger partial charge in [-0.05, 0) is 24.4 Å². The molecule has 6 nitrogen and oxygen atoms in total. The molecule has 0 atom stereocenters. The molecule has 0 N–H and O–H groups in total. The highest BCUT2D eigenvalue weighted by molar-refractivity contribution is 7.14. The average Bonchev–Trinajstić information content (AvgIpc) is 3.55. The molecule has 3 aromatic heterocycles. The molecule has 9 heteroatoms. The Hall–Kier alpha value is -2.52. The summed E-state index contributed by atoms with van der Waals surface area (Å²) in [5.41, 5.74) is 2.75. The third-order valence-corrected chi connectivity index (χ3v) is 7.60. The van der Waals surface area contributed by atoms with E-state index in [0.29, 0.717) is 40.7 Å². The van der Waals surface area contributed by atoms with Gasteiger partial charge in [0.15, 0.2) is 0 Å². The van der Waals surface area contributed by atoms with Crippen LogP contribution in [0.15, 0.2) is 51.7 Å². The van der Waals surface area contributed by atoms with Crippen LogP contribution in [-0.4, -0.2) is 52.0 Å². The molecule has 0 unspecified atom stereocenters. The van der Waals surface area contributed by atoms with Crippen LogP contribution >= 0.6 is 34.3 Å². The summed E-state index contributed by atoms with van der Waals surface area (Å²) >= 11 is 9.74.